The van der Waals surface area contributed by atoms with E-state index < -0.39 is 5.97 Å². The van der Waals surface area contributed by atoms with E-state index >= 15 is 0 Å². The van der Waals surface area contributed by atoms with E-state index in [9.17, 15) is 9.59 Å². The van der Waals surface area contributed by atoms with Crippen molar-refractivity contribution >= 4 is 17.7 Å². The second kappa shape index (κ2) is 6.93. The highest BCUT2D eigenvalue weighted by Gasteiger charge is 2.25. The largest absolute Gasteiger partial charge is 0.478 e. The minimum Gasteiger partial charge on any atom is -0.478 e. The Kier molecular flexibility index (Phi) is 4.70. The van der Waals surface area contributed by atoms with E-state index in [-0.39, 0.29) is 18.0 Å². The van der Waals surface area contributed by atoms with Gasteiger partial charge in [-0.15, -0.1) is 0 Å². The average molecular weight is 339 g/mol. The van der Waals surface area contributed by atoms with Gasteiger partial charge in [0, 0.05) is 25.8 Å². The van der Waals surface area contributed by atoms with Gasteiger partial charge in [-0.3, -0.25) is 4.79 Å². The topological polar surface area (TPSA) is 73.7 Å². The molecule has 0 bridgehead atoms. The van der Waals surface area contributed by atoms with Crippen molar-refractivity contribution in [3.05, 3.63) is 58.8 Å². The lowest BCUT2D eigenvalue weighted by Crippen LogP contribution is -2.50. The van der Waals surface area contributed by atoms with Crippen molar-refractivity contribution in [3.63, 3.8) is 0 Å². The fourth-order valence-corrected chi connectivity index (χ4v) is 3.15. The molecular weight excluding hydrogens is 318 g/mol. The van der Waals surface area contributed by atoms with E-state index in [0.29, 0.717) is 25.5 Å². The number of carbonyl (C=O) groups is 2. The lowest BCUT2D eigenvalue weighted by atomic mass is 10.1. The zero-order chi connectivity index (χ0) is 18.0. The van der Waals surface area contributed by atoms with Crippen LogP contribution in [-0.2, 0) is 11.3 Å². The maximum absolute atomic E-state index is 12.5. The van der Waals surface area contributed by atoms with Gasteiger partial charge in [-0.2, -0.15) is 0 Å². The Morgan fingerprint density at radius 3 is 2.44 bits per heavy atom. The molecular formula is C19H21N3O3. The number of piperazine rings is 1. The third-order valence-electron chi connectivity index (χ3n) is 4.29. The Morgan fingerprint density at radius 1 is 1.16 bits per heavy atom. The summed E-state index contributed by atoms with van der Waals surface area (Å²) < 4.78 is 0. The van der Waals surface area contributed by atoms with Crippen LogP contribution < -0.4 is 4.90 Å². The zero-order valence-corrected chi connectivity index (χ0v) is 14.4. The van der Waals surface area contributed by atoms with Gasteiger partial charge in [0.15, 0.2) is 0 Å². The van der Waals surface area contributed by atoms with Gasteiger partial charge < -0.3 is 14.9 Å². The Morgan fingerprint density at radius 2 is 1.88 bits per heavy atom. The Labute approximate surface area is 146 Å². The van der Waals surface area contributed by atoms with E-state index in [4.69, 9.17) is 5.11 Å². The normalized spacial score (nSPS) is 14.7. The van der Waals surface area contributed by atoms with Gasteiger partial charge in [-0.25, -0.2) is 9.78 Å². The van der Waals surface area contributed by atoms with Crippen molar-refractivity contribution in [1.82, 2.24) is 9.88 Å². The average Bonchev–Trinajstić information content (AvgIpc) is 2.56. The van der Waals surface area contributed by atoms with Crippen LogP contribution in [0.1, 0.15) is 27.0 Å². The predicted octanol–water partition coefficient (Wildman–Crippen LogP) is 2.25. The van der Waals surface area contributed by atoms with Crippen molar-refractivity contribution in [1.29, 1.82) is 0 Å². The summed E-state index contributed by atoms with van der Waals surface area (Å²) in [5.74, 6) is -0.327. The number of carboxylic acids is 1. The number of rotatable bonds is 4. The first-order chi connectivity index (χ1) is 11.9. The first kappa shape index (κ1) is 17.0. The summed E-state index contributed by atoms with van der Waals surface area (Å²) in [5.41, 5.74) is 3.68. The van der Waals surface area contributed by atoms with E-state index in [1.807, 2.05) is 9.80 Å². The van der Waals surface area contributed by atoms with E-state index in [1.165, 1.54) is 23.4 Å². The van der Waals surface area contributed by atoms with Crippen molar-refractivity contribution in [2.75, 3.05) is 24.5 Å². The van der Waals surface area contributed by atoms with Crippen molar-refractivity contribution < 1.29 is 14.7 Å². The lowest BCUT2D eigenvalue weighted by molar-refractivity contribution is -0.131. The highest BCUT2D eigenvalue weighted by molar-refractivity contribution is 5.87. The van der Waals surface area contributed by atoms with Crippen molar-refractivity contribution in [2.45, 2.75) is 20.4 Å². The standard InChI is InChI=1S/C19H21N3O3/c1-13-7-14(2)9-15(8-13)11-22-6-5-21(12-18(22)23)17-4-3-16(10-20-17)19(24)25/h3-4,7-10H,5-6,11-12H2,1-2H3,(H,24,25). The van der Waals surface area contributed by atoms with E-state index in [2.05, 4.69) is 37.0 Å². The first-order valence-corrected chi connectivity index (χ1v) is 8.21. The molecule has 3 rings (SSSR count). The highest BCUT2D eigenvalue weighted by Crippen LogP contribution is 2.17. The lowest BCUT2D eigenvalue weighted by Gasteiger charge is -2.35. The number of hydrogen-bond acceptors (Lipinski definition) is 4. The molecule has 1 N–H and O–H groups in total. The van der Waals surface area contributed by atoms with Crippen LogP contribution in [-0.4, -0.2) is 46.5 Å². The summed E-state index contributed by atoms with van der Waals surface area (Å²) in [6, 6.07) is 9.50. The molecule has 2 aromatic rings. The van der Waals surface area contributed by atoms with Gasteiger partial charge >= 0.3 is 5.97 Å². The number of aromatic carboxylic acids is 1. The Balaban J connectivity index is 1.66. The smallest absolute Gasteiger partial charge is 0.337 e. The number of benzene rings is 1. The van der Waals surface area contributed by atoms with E-state index in [0.717, 1.165) is 5.56 Å². The second-order valence-electron chi connectivity index (χ2n) is 6.44. The van der Waals surface area contributed by atoms with Gasteiger partial charge in [-0.1, -0.05) is 29.3 Å². The Bertz CT molecular complexity index is 782. The molecule has 0 saturated carbocycles. The number of anilines is 1. The third kappa shape index (κ3) is 3.96. The number of aromatic nitrogens is 1. The van der Waals surface area contributed by atoms with Gasteiger partial charge in [-0.05, 0) is 31.5 Å². The van der Waals surface area contributed by atoms with Crippen LogP contribution in [0.2, 0.25) is 0 Å². The van der Waals surface area contributed by atoms with Crippen LogP contribution in [0.5, 0.6) is 0 Å². The van der Waals surface area contributed by atoms with Crippen LogP contribution in [0.4, 0.5) is 5.82 Å². The number of hydrogen-bond donors (Lipinski definition) is 1. The molecule has 25 heavy (non-hydrogen) atoms. The molecule has 1 fully saturated rings. The number of nitrogens with zero attached hydrogens (tertiary/aromatic N) is 3. The molecule has 1 aliphatic heterocycles. The molecule has 1 amide bonds. The first-order valence-electron chi connectivity index (χ1n) is 8.21. The minimum atomic E-state index is -1.01. The molecule has 0 spiro atoms. The van der Waals surface area contributed by atoms with Gasteiger partial charge in [0.25, 0.3) is 0 Å². The number of aryl methyl sites for hydroxylation is 2. The van der Waals surface area contributed by atoms with Crippen molar-refractivity contribution in [2.24, 2.45) is 0 Å². The van der Waals surface area contributed by atoms with Gasteiger partial charge in [0.2, 0.25) is 5.91 Å². The zero-order valence-electron chi connectivity index (χ0n) is 14.4. The molecule has 2 heterocycles. The number of carbonyl (C=O) groups excluding carboxylic acids is 1. The van der Waals surface area contributed by atoms with Crippen LogP contribution in [0.15, 0.2) is 36.5 Å². The number of pyridine rings is 1. The molecule has 0 atom stereocenters. The van der Waals surface area contributed by atoms with Gasteiger partial charge in [0.1, 0.15) is 5.82 Å². The summed E-state index contributed by atoms with van der Waals surface area (Å²) in [6.45, 7) is 6.28. The fraction of sp³-hybridized carbons (Fsp3) is 0.316. The Hall–Kier alpha value is -2.89. The van der Waals surface area contributed by atoms with E-state index in [1.54, 1.807) is 6.07 Å². The highest BCUT2D eigenvalue weighted by atomic mass is 16.4. The molecule has 1 aromatic heterocycles. The molecule has 130 valence electrons. The summed E-state index contributed by atoms with van der Waals surface area (Å²) >= 11 is 0. The molecule has 0 unspecified atom stereocenters. The summed E-state index contributed by atoms with van der Waals surface area (Å²) in [5, 5.41) is 8.93. The SMILES string of the molecule is Cc1cc(C)cc(CN2CCN(c3ccc(C(=O)O)cn3)CC2=O)c1. The maximum Gasteiger partial charge on any atom is 0.337 e. The summed E-state index contributed by atoms with van der Waals surface area (Å²) in [6.07, 6.45) is 1.32. The third-order valence-corrected chi connectivity index (χ3v) is 4.29. The molecule has 1 aliphatic rings. The molecule has 1 saturated heterocycles. The number of amides is 1. The predicted molar refractivity (Wildman–Crippen MR) is 94.7 cm³/mol. The fourth-order valence-electron chi connectivity index (χ4n) is 3.15. The molecule has 0 aliphatic carbocycles. The molecule has 6 nitrogen and oxygen atoms in total. The number of carboxylic acid groups (broad SMARTS) is 1. The minimum absolute atomic E-state index is 0.0505. The molecule has 1 aromatic carbocycles. The van der Waals surface area contributed by atoms with Gasteiger partial charge in [0.05, 0.1) is 12.1 Å². The molecule has 6 heteroatoms. The van der Waals surface area contributed by atoms with Crippen LogP contribution in [0, 0.1) is 13.8 Å². The quantitative estimate of drug-likeness (QED) is 0.925. The van der Waals surface area contributed by atoms with Crippen LogP contribution in [0.25, 0.3) is 0 Å². The monoisotopic (exact) mass is 339 g/mol. The second-order valence-corrected chi connectivity index (χ2v) is 6.44. The molecule has 0 radical (unpaired) electrons. The maximum atomic E-state index is 12.5. The van der Waals surface area contributed by atoms with Crippen LogP contribution >= 0.6 is 0 Å². The summed E-state index contributed by atoms with van der Waals surface area (Å²) in [7, 11) is 0. The van der Waals surface area contributed by atoms with Crippen molar-refractivity contribution in [3.8, 4) is 0 Å². The van der Waals surface area contributed by atoms with Crippen LogP contribution in [0.3, 0.4) is 0 Å². The summed E-state index contributed by atoms with van der Waals surface area (Å²) in [4.78, 5) is 31.3.